The Labute approximate surface area is 220 Å². The molecule has 1 amide bonds. The summed E-state index contributed by atoms with van der Waals surface area (Å²) in [5, 5.41) is 0. The van der Waals surface area contributed by atoms with E-state index in [4.69, 9.17) is 9.47 Å². The summed E-state index contributed by atoms with van der Waals surface area (Å²) in [6, 6.07) is 18.6. The molecule has 0 bridgehead atoms. The van der Waals surface area contributed by atoms with Crippen LogP contribution in [0.5, 0.6) is 11.5 Å². The maximum Gasteiger partial charge on any atom is 0.253 e. The van der Waals surface area contributed by atoms with E-state index >= 15 is 0 Å². The fourth-order valence-corrected chi connectivity index (χ4v) is 5.42. The second-order valence-corrected chi connectivity index (χ2v) is 10.3. The zero-order chi connectivity index (χ0) is 25.6. The van der Waals surface area contributed by atoms with E-state index < -0.39 is 0 Å². The number of methoxy groups -OCH3 is 1. The van der Waals surface area contributed by atoms with E-state index in [9.17, 15) is 4.79 Å². The van der Waals surface area contributed by atoms with Gasteiger partial charge in [-0.2, -0.15) is 0 Å². The summed E-state index contributed by atoms with van der Waals surface area (Å²) in [6.45, 7) is 3.38. The highest BCUT2D eigenvalue weighted by Crippen LogP contribution is 2.37. The Hall–Kier alpha value is -3.38. The molecule has 5 rings (SSSR count). The Bertz CT molecular complexity index is 1170. The lowest BCUT2D eigenvalue weighted by molar-refractivity contribution is 0.0664. The molecule has 1 aliphatic carbocycles. The van der Waals surface area contributed by atoms with Crippen molar-refractivity contribution in [3.63, 3.8) is 0 Å². The van der Waals surface area contributed by atoms with Crippen LogP contribution in [0.25, 0.3) is 0 Å². The first kappa shape index (κ1) is 25.3. The number of hydrogen-bond acceptors (Lipinski definition) is 5. The summed E-state index contributed by atoms with van der Waals surface area (Å²) in [7, 11) is 3.80. The van der Waals surface area contributed by atoms with Crippen molar-refractivity contribution in [2.45, 2.75) is 44.1 Å². The summed E-state index contributed by atoms with van der Waals surface area (Å²) in [5.74, 6) is 1.80. The van der Waals surface area contributed by atoms with Gasteiger partial charge in [-0.15, -0.1) is 0 Å². The third-order valence-electron chi connectivity index (χ3n) is 7.73. The molecule has 1 aromatic heterocycles. The maximum atomic E-state index is 13.1. The number of piperazine rings is 1. The fourth-order valence-electron chi connectivity index (χ4n) is 5.42. The van der Waals surface area contributed by atoms with Gasteiger partial charge < -0.3 is 19.3 Å². The minimum absolute atomic E-state index is 0.104. The second kappa shape index (κ2) is 11.8. The van der Waals surface area contributed by atoms with Crippen molar-refractivity contribution in [1.29, 1.82) is 0 Å². The quantitative estimate of drug-likeness (QED) is 0.428. The molecule has 0 N–H and O–H groups in total. The Morgan fingerprint density at radius 1 is 0.919 bits per heavy atom. The number of aromatic nitrogens is 1. The van der Waals surface area contributed by atoms with Gasteiger partial charge in [0.1, 0.15) is 0 Å². The van der Waals surface area contributed by atoms with Crippen molar-refractivity contribution in [1.82, 2.24) is 14.8 Å². The number of benzene rings is 2. The lowest BCUT2D eigenvalue weighted by atomic mass is 9.85. The highest BCUT2D eigenvalue weighted by Gasteiger charge is 2.23. The van der Waals surface area contributed by atoms with Gasteiger partial charge in [0, 0.05) is 50.1 Å². The van der Waals surface area contributed by atoms with E-state index in [2.05, 4.69) is 53.3 Å². The molecule has 194 valence electrons. The van der Waals surface area contributed by atoms with Crippen molar-refractivity contribution in [3.8, 4) is 11.5 Å². The van der Waals surface area contributed by atoms with E-state index in [1.54, 1.807) is 7.11 Å². The van der Waals surface area contributed by atoms with Gasteiger partial charge in [0.2, 0.25) is 0 Å². The molecule has 0 radical (unpaired) electrons. The third kappa shape index (κ3) is 6.13. The third-order valence-corrected chi connectivity index (χ3v) is 7.73. The number of rotatable bonds is 8. The fraction of sp³-hybridized carbons (Fsp3) is 0.419. The number of carbonyl (C=O) groups is 1. The Morgan fingerprint density at radius 3 is 2.27 bits per heavy atom. The standard InChI is InChI=1S/C31H37N3O3/c1-33-17-19-34(20-18-33)31(35)25-9-7-24(8-10-25)28(21-23-13-15-32-16-14-23)26-11-12-29(36-2)30(22-26)37-27-5-3-4-6-27/h7-16,22,27-28H,3-6,17-21H2,1-2H3. The van der Waals surface area contributed by atoms with Gasteiger partial charge in [0.05, 0.1) is 13.2 Å². The van der Waals surface area contributed by atoms with Crippen LogP contribution in [0.1, 0.15) is 58.6 Å². The van der Waals surface area contributed by atoms with Crippen molar-refractivity contribution in [2.75, 3.05) is 40.3 Å². The summed E-state index contributed by atoms with van der Waals surface area (Å²) < 4.78 is 12.1. The molecule has 2 heterocycles. The monoisotopic (exact) mass is 499 g/mol. The number of amides is 1. The molecular formula is C31H37N3O3. The average molecular weight is 500 g/mol. The van der Waals surface area contributed by atoms with Crippen LogP contribution in [0.15, 0.2) is 67.0 Å². The summed E-state index contributed by atoms with van der Waals surface area (Å²) in [6.07, 6.45) is 9.38. The van der Waals surface area contributed by atoms with E-state index in [1.807, 2.05) is 35.5 Å². The molecule has 6 heteroatoms. The predicted molar refractivity (Wildman–Crippen MR) is 146 cm³/mol. The predicted octanol–water partition coefficient (Wildman–Crippen LogP) is 5.17. The van der Waals surface area contributed by atoms with Crippen LogP contribution in [0.2, 0.25) is 0 Å². The first-order valence-electron chi connectivity index (χ1n) is 13.4. The van der Waals surface area contributed by atoms with E-state index in [0.717, 1.165) is 62.5 Å². The molecule has 1 unspecified atom stereocenters. The van der Waals surface area contributed by atoms with E-state index in [0.29, 0.717) is 0 Å². The zero-order valence-electron chi connectivity index (χ0n) is 21.9. The molecule has 1 saturated heterocycles. The number of carbonyl (C=O) groups excluding carboxylic acids is 1. The van der Waals surface area contributed by atoms with Gasteiger partial charge >= 0.3 is 0 Å². The van der Waals surface area contributed by atoms with Crippen LogP contribution in [0.4, 0.5) is 0 Å². The summed E-state index contributed by atoms with van der Waals surface area (Å²) in [5.41, 5.74) is 4.30. The molecule has 0 spiro atoms. The second-order valence-electron chi connectivity index (χ2n) is 10.3. The Balaban J connectivity index is 1.43. The minimum atomic E-state index is 0.104. The Morgan fingerprint density at radius 2 is 1.59 bits per heavy atom. The van der Waals surface area contributed by atoms with E-state index in [-0.39, 0.29) is 17.9 Å². The van der Waals surface area contributed by atoms with Crippen LogP contribution in [-0.2, 0) is 6.42 Å². The van der Waals surface area contributed by atoms with Crippen molar-refractivity contribution >= 4 is 5.91 Å². The molecule has 2 aliphatic rings. The van der Waals surface area contributed by atoms with Gasteiger partial charge in [-0.1, -0.05) is 18.2 Å². The van der Waals surface area contributed by atoms with Gasteiger partial charge in [0.15, 0.2) is 11.5 Å². The normalized spacial score (nSPS) is 17.5. The van der Waals surface area contributed by atoms with Gasteiger partial charge in [-0.25, -0.2) is 0 Å². The average Bonchev–Trinajstić information content (AvgIpc) is 3.46. The van der Waals surface area contributed by atoms with Gasteiger partial charge in [0.25, 0.3) is 5.91 Å². The smallest absolute Gasteiger partial charge is 0.253 e. The highest BCUT2D eigenvalue weighted by molar-refractivity contribution is 5.94. The minimum Gasteiger partial charge on any atom is -0.493 e. The topological polar surface area (TPSA) is 54.9 Å². The van der Waals surface area contributed by atoms with Crippen molar-refractivity contribution < 1.29 is 14.3 Å². The van der Waals surface area contributed by atoms with E-state index in [1.165, 1.54) is 29.5 Å². The molecule has 3 aromatic rings. The number of nitrogens with zero attached hydrogens (tertiary/aromatic N) is 3. The maximum absolute atomic E-state index is 13.1. The van der Waals surface area contributed by atoms with Gasteiger partial charge in [-0.3, -0.25) is 9.78 Å². The molecule has 37 heavy (non-hydrogen) atoms. The van der Waals surface area contributed by atoms with Crippen LogP contribution in [-0.4, -0.2) is 67.1 Å². The molecule has 1 saturated carbocycles. The lowest BCUT2D eigenvalue weighted by Crippen LogP contribution is -2.47. The number of ether oxygens (including phenoxy) is 2. The molecule has 2 aromatic carbocycles. The summed E-state index contributed by atoms with van der Waals surface area (Å²) in [4.78, 5) is 21.5. The number of likely N-dealkylation sites (N-methyl/N-ethyl adjacent to an activating group) is 1. The largest absolute Gasteiger partial charge is 0.493 e. The SMILES string of the molecule is COc1ccc(C(Cc2ccncc2)c2ccc(C(=O)N3CCN(C)CC3)cc2)cc1OC1CCCC1. The first-order valence-corrected chi connectivity index (χ1v) is 13.4. The number of hydrogen-bond donors (Lipinski definition) is 0. The molecular weight excluding hydrogens is 462 g/mol. The van der Waals surface area contributed by atoms with Crippen molar-refractivity contribution in [3.05, 3.63) is 89.2 Å². The summed E-state index contributed by atoms with van der Waals surface area (Å²) >= 11 is 0. The molecule has 6 nitrogen and oxygen atoms in total. The van der Waals surface area contributed by atoms with Crippen LogP contribution >= 0.6 is 0 Å². The molecule has 1 atom stereocenters. The first-order chi connectivity index (χ1) is 18.1. The lowest BCUT2D eigenvalue weighted by Gasteiger charge is -2.32. The van der Waals surface area contributed by atoms with Gasteiger partial charge in [-0.05, 0) is 92.2 Å². The highest BCUT2D eigenvalue weighted by atomic mass is 16.5. The van der Waals surface area contributed by atoms with Crippen molar-refractivity contribution in [2.24, 2.45) is 0 Å². The van der Waals surface area contributed by atoms with Crippen LogP contribution in [0, 0.1) is 0 Å². The van der Waals surface area contributed by atoms with Crippen LogP contribution in [0.3, 0.4) is 0 Å². The Kier molecular flexibility index (Phi) is 8.05. The molecule has 1 aliphatic heterocycles. The zero-order valence-corrected chi connectivity index (χ0v) is 21.9. The van der Waals surface area contributed by atoms with Crippen LogP contribution < -0.4 is 9.47 Å². The number of pyridine rings is 1. The molecule has 2 fully saturated rings.